The van der Waals surface area contributed by atoms with Crippen molar-refractivity contribution in [3.8, 4) is 5.75 Å². The van der Waals surface area contributed by atoms with Crippen molar-refractivity contribution in [1.29, 1.82) is 0 Å². The van der Waals surface area contributed by atoms with Crippen molar-refractivity contribution in [3.05, 3.63) is 65.2 Å². The molecule has 25 heavy (non-hydrogen) atoms. The molecule has 0 unspecified atom stereocenters. The molecule has 0 N–H and O–H groups in total. The predicted molar refractivity (Wildman–Crippen MR) is 95.3 cm³/mol. The van der Waals surface area contributed by atoms with Crippen LogP contribution in [0.5, 0.6) is 5.75 Å². The van der Waals surface area contributed by atoms with E-state index in [4.69, 9.17) is 9.47 Å². The Morgan fingerprint density at radius 2 is 1.72 bits per heavy atom. The molecule has 2 aromatic rings. The van der Waals surface area contributed by atoms with Crippen LogP contribution < -0.4 is 4.74 Å². The normalized spacial score (nSPS) is 10.2. The maximum absolute atomic E-state index is 12.6. The second kappa shape index (κ2) is 8.87. The minimum absolute atomic E-state index is 0.111. The Balaban J connectivity index is 2.06. The molecule has 0 aliphatic rings. The van der Waals surface area contributed by atoms with Crippen LogP contribution in [0.25, 0.3) is 0 Å². The van der Waals surface area contributed by atoms with Gasteiger partial charge in [-0.25, -0.2) is 0 Å². The van der Waals surface area contributed by atoms with E-state index in [1.54, 1.807) is 0 Å². The molecule has 0 aliphatic heterocycles. The van der Waals surface area contributed by atoms with Gasteiger partial charge in [-0.05, 0) is 36.6 Å². The van der Waals surface area contributed by atoms with Crippen molar-refractivity contribution in [2.24, 2.45) is 0 Å². The van der Waals surface area contributed by atoms with Crippen molar-refractivity contribution >= 4 is 11.9 Å². The third-order valence-electron chi connectivity index (χ3n) is 4.02. The summed E-state index contributed by atoms with van der Waals surface area (Å²) in [6.07, 6.45) is 0. The average Bonchev–Trinajstić information content (AvgIpc) is 2.62. The van der Waals surface area contributed by atoms with E-state index >= 15 is 0 Å². The lowest BCUT2D eigenvalue weighted by molar-refractivity contribution is -0.148. The molecule has 132 valence electrons. The van der Waals surface area contributed by atoms with Crippen LogP contribution in [0.2, 0.25) is 0 Å². The fourth-order valence-corrected chi connectivity index (χ4v) is 2.37. The van der Waals surface area contributed by atoms with Gasteiger partial charge in [-0.15, -0.1) is 0 Å². The van der Waals surface area contributed by atoms with Crippen molar-refractivity contribution in [1.82, 2.24) is 4.90 Å². The van der Waals surface area contributed by atoms with Gasteiger partial charge >= 0.3 is 5.97 Å². The summed E-state index contributed by atoms with van der Waals surface area (Å²) in [7, 11) is 1.31. The molecular formula is C20H23NO4. The van der Waals surface area contributed by atoms with Gasteiger partial charge in [0.15, 0.2) is 6.61 Å². The summed E-state index contributed by atoms with van der Waals surface area (Å²) in [5, 5.41) is 0. The summed E-state index contributed by atoms with van der Waals surface area (Å²) >= 11 is 0. The zero-order valence-corrected chi connectivity index (χ0v) is 14.8. The zero-order chi connectivity index (χ0) is 18.2. The van der Waals surface area contributed by atoms with Gasteiger partial charge in [-0.2, -0.15) is 0 Å². The Hall–Kier alpha value is -2.82. The van der Waals surface area contributed by atoms with Crippen molar-refractivity contribution < 1.29 is 19.1 Å². The molecule has 1 amide bonds. The number of ether oxygens (including phenoxy) is 2. The van der Waals surface area contributed by atoms with E-state index in [0.717, 1.165) is 16.7 Å². The highest BCUT2D eigenvalue weighted by Crippen LogP contribution is 2.20. The maximum atomic E-state index is 12.6. The van der Waals surface area contributed by atoms with Crippen LogP contribution in [0.3, 0.4) is 0 Å². The number of methoxy groups -OCH3 is 1. The summed E-state index contributed by atoms with van der Waals surface area (Å²) in [5.74, 6) is -0.0581. The van der Waals surface area contributed by atoms with E-state index < -0.39 is 5.97 Å². The standard InChI is InChI=1S/C20H23NO4/c1-15-8-7-11-18(16(15)2)25-14-19(22)21(13-20(23)24-3)12-17-9-5-4-6-10-17/h4-11H,12-14H2,1-3H3. The zero-order valence-electron chi connectivity index (χ0n) is 14.8. The summed E-state index contributed by atoms with van der Waals surface area (Å²) in [6, 6.07) is 15.2. The number of rotatable bonds is 7. The van der Waals surface area contributed by atoms with Gasteiger partial charge in [0.25, 0.3) is 5.91 Å². The van der Waals surface area contributed by atoms with E-state index in [2.05, 4.69) is 0 Å². The molecule has 2 aromatic carbocycles. The van der Waals surface area contributed by atoms with E-state index in [1.165, 1.54) is 12.0 Å². The fraction of sp³-hybridized carbons (Fsp3) is 0.300. The van der Waals surface area contributed by atoms with Crippen molar-refractivity contribution in [3.63, 3.8) is 0 Å². The number of hydrogen-bond acceptors (Lipinski definition) is 4. The van der Waals surface area contributed by atoms with Crippen molar-refractivity contribution in [2.45, 2.75) is 20.4 Å². The molecule has 0 heterocycles. The number of carbonyl (C=O) groups excluding carboxylic acids is 2. The lowest BCUT2D eigenvalue weighted by Crippen LogP contribution is -2.38. The number of carbonyl (C=O) groups is 2. The van der Waals surface area contributed by atoms with E-state index in [-0.39, 0.29) is 19.1 Å². The second-order valence-electron chi connectivity index (χ2n) is 5.80. The van der Waals surface area contributed by atoms with Crippen LogP contribution in [-0.2, 0) is 20.9 Å². The Kier molecular flexibility index (Phi) is 6.57. The molecule has 2 rings (SSSR count). The SMILES string of the molecule is COC(=O)CN(Cc1ccccc1)C(=O)COc1cccc(C)c1C. The topological polar surface area (TPSA) is 55.8 Å². The number of nitrogens with zero attached hydrogens (tertiary/aromatic N) is 1. The average molecular weight is 341 g/mol. The number of aryl methyl sites for hydroxylation is 1. The number of esters is 1. The molecule has 0 atom stereocenters. The Bertz CT molecular complexity index is 728. The molecule has 5 nitrogen and oxygen atoms in total. The van der Waals surface area contributed by atoms with Crippen LogP contribution >= 0.6 is 0 Å². The first-order valence-corrected chi connectivity index (χ1v) is 8.08. The van der Waals surface area contributed by atoms with Gasteiger partial charge in [0.2, 0.25) is 0 Å². The maximum Gasteiger partial charge on any atom is 0.325 e. The molecule has 0 aliphatic carbocycles. The highest BCUT2D eigenvalue weighted by atomic mass is 16.5. The minimum atomic E-state index is -0.462. The highest BCUT2D eigenvalue weighted by molar-refractivity contribution is 5.83. The summed E-state index contributed by atoms with van der Waals surface area (Å²) in [6.45, 7) is 4.02. The molecule has 5 heteroatoms. The first-order chi connectivity index (χ1) is 12.0. The van der Waals surface area contributed by atoms with Gasteiger partial charge < -0.3 is 14.4 Å². The van der Waals surface area contributed by atoms with Crippen LogP contribution in [0.15, 0.2) is 48.5 Å². The van der Waals surface area contributed by atoms with Crippen LogP contribution in [0, 0.1) is 13.8 Å². The lowest BCUT2D eigenvalue weighted by atomic mass is 10.1. The molecular weight excluding hydrogens is 318 g/mol. The first kappa shape index (κ1) is 18.5. The Morgan fingerprint density at radius 3 is 2.40 bits per heavy atom. The Labute approximate surface area is 148 Å². The largest absolute Gasteiger partial charge is 0.483 e. The minimum Gasteiger partial charge on any atom is -0.483 e. The second-order valence-corrected chi connectivity index (χ2v) is 5.80. The van der Waals surface area contributed by atoms with Gasteiger partial charge in [0.1, 0.15) is 12.3 Å². The summed E-state index contributed by atoms with van der Waals surface area (Å²) < 4.78 is 10.4. The van der Waals surface area contributed by atoms with Crippen LogP contribution in [0.1, 0.15) is 16.7 Å². The molecule has 0 spiro atoms. The van der Waals surface area contributed by atoms with Gasteiger partial charge in [-0.1, -0.05) is 42.5 Å². The molecule has 0 aromatic heterocycles. The smallest absolute Gasteiger partial charge is 0.325 e. The number of amides is 1. The van der Waals surface area contributed by atoms with E-state index in [9.17, 15) is 9.59 Å². The fourth-order valence-electron chi connectivity index (χ4n) is 2.37. The lowest BCUT2D eigenvalue weighted by Gasteiger charge is -2.22. The summed E-state index contributed by atoms with van der Waals surface area (Å²) in [4.78, 5) is 25.6. The first-order valence-electron chi connectivity index (χ1n) is 8.08. The molecule has 0 fully saturated rings. The quantitative estimate of drug-likeness (QED) is 0.727. The Morgan fingerprint density at radius 1 is 1.00 bits per heavy atom. The number of benzene rings is 2. The van der Waals surface area contributed by atoms with E-state index in [1.807, 2.05) is 62.4 Å². The molecule has 0 radical (unpaired) electrons. The van der Waals surface area contributed by atoms with Crippen LogP contribution in [-0.4, -0.2) is 37.0 Å². The summed E-state index contributed by atoms with van der Waals surface area (Å²) in [5.41, 5.74) is 3.03. The third-order valence-corrected chi connectivity index (χ3v) is 4.02. The molecule has 0 saturated heterocycles. The number of hydrogen-bond donors (Lipinski definition) is 0. The van der Waals surface area contributed by atoms with E-state index in [0.29, 0.717) is 12.3 Å². The molecule has 0 saturated carbocycles. The monoisotopic (exact) mass is 341 g/mol. The third kappa shape index (κ3) is 5.35. The van der Waals surface area contributed by atoms with Gasteiger partial charge in [-0.3, -0.25) is 9.59 Å². The predicted octanol–water partition coefficient (Wildman–Crippen LogP) is 2.88. The van der Waals surface area contributed by atoms with Crippen LogP contribution in [0.4, 0.5) is 0 Å². The highest BCUT2D eigenvalue weighted by Gasteiger charge is 2.19. The van der Waals surface area contributed by atoms with Crippen molar-refractivity contribution in [2.75, 3.05) is 20.3 Å². The van der Waals surface area contributed by atoms with Gasteiger partial charge in [0, 0.05) is 6.54 Å². The molecule has 0 bridgehead atoms. The van der Waals surface area contributed by atoms with Gasteiger partial charge in [0.05, 0.1) is 7.11 Å².